The molecular weight excluding hydrogens is 262 g/mol. The van der Waals surface area contributed by atoms with Crippen molar-refractivity contribution in [1.29, 1.82) is 0 Å². The molecule has 0 fully saturated rings. The highest BCUT2D eigenvalue weighted by Crippen LogP contribution is 2.27. The molecule has 0 aromatic carbocycles. The van der Waals surface area contributed by atoms with Crippen LogP contribution in [0.4, 0.5) is 11.4 Å². The Morgan fingerprint density at radius 3 is 2.93 bits per heavy atom. The minimum Gasteiger partial charge on any atom is -0.396 e. The van der Waals surface area contributed by atoms with E-state index in [1.807, 2.05) is 0 Å². The smallest absolute Gasteiger partial charge is 0.0752 e. The number of rotatable bonds is 4. The number of anilines is 2. The third kappa shape index (κ3) is 3.06. The molecule has 0 spiro atoms. The van der Waals surface area contributed by atoms with Gasteiger partial charge in [-0.2, -0.15) is 11.8 Å². The fourth-order valence-corrected chi connectivity index (χ4v) is 2.19. The summed E-state index contributed by atoms with van der Waals surface area (Å²) in [4.78, 5) is 3.98. The van der Waals surface area contributed by atoms with Gasteiger partial charge in [0, 0.05) is 18.0 Å². The van der Waals surface area contributed by atoms with Crippen molar-refractivity contribution in [3.63, 3.8) is 0 Å². The summed E-state index contributed by atoms with van der Waals surface area (Å²) in [5.74, 6) is 1.05. The van der Waals surface area contributed by atoms with Crippen LogP contribution in [-0.2, 0) is 0 Å². The summed E-state index contributed by atoms with van der Waals surface area (Å²) in [5, 5.41) is 3.35. The van der Waals surface area contributed by atoms with Crippen molar-refractivity contribution in [2.24, 2.45) is 0 Å². The maximum atomic E-state index is 5.80. The van der Waals surface area contributed by atoms with Gasteiger partial charge in [-0.15, -0.1) is 0 Å². The van der Waals surface area contributed by atoms with Gasteiger partial charge in [-0.1, -0.05) is 0 Å². The summed E-state index contributed by atoms with van der Waals surface area (Å²) in [6.07, 6.45) is 5.48. The SMILES string of the molecule is CSCC(C)Nc1c(N)cncc1Br. The molecule has 78 valence electrons. The molecule has 0 saturated carbocycles. The molecule has 1 aromatic heterocycles. The first-order valence-electron chi connectivity index (χ1n) is 4.29. The average Bonchev–Trinajstić information content (AvgIpc) is 2.12. The van der Waals surface area contributed by atoms with Crippen molar-refractivity contribution in [2.45, 2.75) is 13.0 Å². The standard InChI is InChI=1S/C9H14BrN3S/c1-6(5-14-2)13-9-7(10)3-12-4-8(9)11/h3-4,6H,5,11H2,1-2H3,(H,12,13). The molecule has 0 aliphatic rings. The maximum Gasteiger partial charge on any atom is 0.0752 e. The Balaban J connectivity index is 2.75. The zero-order chi connectivity index (χ0) is 10.6. The lowest BCUT2D eigenvalue weighted by Gasteiger charge is -2.16. The van der Waals surface area contributed by atoms with Gasteiger partial charge in [-0.25, -0.2) is 0 Å². The summed E-state index contributed by atoms with van der Waals surface area (Å²) >= 11 is 5.22. The van der Waals surface area contributed by atoms with Gasteiger partial charge in [0.25, 0.3) is 0 Å². The van der Waals surface area contributed by atoms with E-state index in [0.717, 1.165) is 15.9 Å². The highest BCUT2D eigenvalue weighted by molar-refractivity contribution is 9.10. The molecule has 3 nitrogen and oxygen atoms in total. The van der Waals surface area contributed by atoms with E-state index in [1.54, 1.807) is 24.2 Å². The fourth-order valence-electron chi connectivity index (χ4n) is 1.14. The predicted octanol–water partition coefficient (Wildman–Crippen LogP) is 2.59. The van der Waals surface area contributed by atoms with Crippen LogP contribution in [0.2, 0.25) is 0 Å². The highest BCUT2D eigenvalue weighted by Gasteiger charge is 2.07. The molecule has 14 heavy (non-hydrogen) atoms. The summed E-state index contributed by atoms with van der Waals surface area (Å²) in [7, 11) is 0. The van der Waals surface area contributed by atoms with Crippen molar-refractivity contribution in [3.05, 3.63) is 16.9 Å². The van der Waals surface area contributed by atoms with Gasteiger partial charge < -0.3 is 11.1 Å². The lowest BCUT2D eigenvalue weighted by molar-refractivity contribution is 0.913. The number of nitrogens with one attached hydrogen (secondary N) is 1. The number of aromatic nitrogens is 1. The van der Waals surface area contributed by atoms with E-state index in [-0.39, 0.29) is 0 Å². The van der Waals surface area contributed by atoms with Crippen molar-refractivity contribution in [2.75, 3.05) is 23.1 Å². The van der Waals surface area contributed by atoms with Crippen molar-refractivity contribution >= 4 is 39.1 Å². The van der Waals surface area contributed by atoms with E-state index in [4.69, 9.17) is 5.73 Å². The molecular formula is C9H14BrN3S. The van der Waals surface area contributed by atoms with Crippen molar-refractivity contribution in [1.82, 2.24) is 4.98 Å². The van der Waals surface area contributed by atoms with Crippen LogP contribution in [0.15, 0.2) is 16.9 Å². The van der Waals surface area contributed by atoms with Crippen LogP contribution in [0.3, 0.4) is 0 Å². The Kier molecular flexibility index (Phi) is 4.54. The summed E-state index contributed by atoms with van der Waals surface area (Å²) in [6.45, 7) is 2.13. The van der Waals surface area contributed by atoms with Crippen molar-refractivity contribution < 1.29 is 0 Å². The van der Waals surface area contributed by atoms with E-state index in [1.165, 1.54) is 0 Å². The largest absolute Gasteiger partial charge is 0.396 e. The highest BCUT2D eigenvalue weighted by atomic mass is 79.9. The third-order valence-corrected chi connectivity index (χ3v) is 3.17. The minimum absolute atomic E-state index is 0.394. The number of hydrogen-bond donors (Lipinski definition) is 2. The van der Waals surface area contributed by atoms with Gasteiger partial charge in [-0.05, 0) is 29.1 Å². The Labute approximate surface area is 97.0 Å². The zero-order valence-corrected chi connectivity index (χ0v) is 10.7. The average molecular weight is 276 g/mol. The van der Waals surface area contributed by atoms with Gasteiger partial charge in [0.15, 0.2) is 0 Å². The third-order valence-electron chi connectivity index (χ3n) is 1.74. The molecule has 5 heteroatoms. The van der Waals surface area contributed by atoms with Crippen LogP contribution in [-0.4, -0.2) is 23.0 Å². The molecule has 3 N–H and O–H groups in total. The number of thioether (sulfide) groups is 1. The van der Waals surface area contributed by atoms with Gasteiger partial charge in [0.05, 0.1) is 22.0 Å². The van der Waals surface area contributed by atoms with Crippen LogP contribution < -0.4 is 11.1 Å². The Morgan fingerprint density at radius 1 is 1.64 bits per heavy atom. The van der Waals surface area contributed by atoms with Gasteiger partial charge >= 0.3 is 0 Å². The Morgan fingerprint density at radius 2 is 2.36 bits per heavy atom. The predicted molar refractivity (Wildman–Crippen MR) is 67.8 cm³/mol. The summed E-state index contributed by atoms with van der Waals surface area (Å²) < 4.78 is 0.908. The molecule has 0 saturated heterocycles. The Hall–Kier alpha value is -0.420. The number of nitrogens with zero attached hydrogens (tertiary/aromatic N) is 1. The lowest BCUT2D eigenvalue weighted by atomic mass is 10.3. The molecule has 0 bridgehead atoms. The lowest BCUT2D eigenvalue weighted by Crippen LogP contribution is -2.19. The molecule has 1 heterocycles. The monoisotopic (exact) mass is 275 g/mol. The minimum atomic E-state index is 0.394. The second-order valence-corrected chi connectivity index (χ2v) is 4.85. The van der Waals surface area contributed by atoms with Gasteiger partial charge in [0.2, 0.25) is 0 Å². The van der Waals surface area contributed by atoms with E-state index < -0.39 is 0 Å². The van der Waals surface area contributed by atoms with Crippen LogP contribution in [0, 0.1) is 0 Å². The fraction of sp³-hybridized carbons (Fsp3) is 0.444. The normalized spacial score (nSPS) is 12.5. The van der Waals surface area contributed by atoms with Crippen LogP contribution >= 0.6 is 27.7 Å². The number of hydrogen-bond acceptors (Lipinski definition) is 4. The first-order chi connectivity index (χ1) is 6.65. The van der Waals surface area contributed by atoms with Gasteiger partial charge in [0.1, 0.15) is 0 Å². The Bertz CT molecular complexity index is 286. The molecule has 0 amide bonds. The van der Waals surface area contributed by atoms with Gasteiger partial charge in [-0.3, -0.25) is 4.98 Å². The van der Waals surface area contributed by atoms with E-state index >= 15 is 0 Å². The summed E-state index contributed by atoms with van der Waals surface area (Å²) in [6, 6.07) is 0.394. The molecule has 1 rings (SSSR count). The van der Waals surface area contributed by atoms with E-state index in [0.29, 0.717) is 11.7 Å². The second-order valence-electron chi connectivity index (χ2n) is 3.09. The maximum absolute atomic E-state index is 5.80. The molecule has 0 aliphatic heterocycles. The molecule has 0 aliphatic carbocycles. The van der Waals surface area contributed by atoms with Crippen molar-refractivity contribution in [3.8, 4) is 0 Å². The van der Waals surface area contributed by atoms with Crippen LogP contribution in [0.1, 0.15) is 6.92 Å². The first kappa shape index (κ1) is 11.7. The molecule has 0 radical (unpaired) electrons. The molecule has 1 atom stereocenters. The first-order valence-corrected chi connectivity index (χ1v) is 6.48. The quantitative estimate of drug-likeness (QED) is 0.887. The number of halogens is 1. The van der Waals surface area contributed by atoms with E-state index in [2.05, 4.69) is 39.4 Å². The zero-order valence-electron chi connectivity index (χ0n) is 8.25. The topological polar surface area (TPSA) is 50.9 Å². The number of pyridine rings is 1. The summed E-state index contributed by atoms with van der Waals surface area (Å²) in [5.41, 5.74) is 7.41. The number of nitrogens with two attached hydrogens (primary N) is 1. The molecule has 1 unspecified atom stereocenters. The van der Waals surface area contributed by atoms with Crippen LogP contribution in [0.25, 0.3) is 0 Å². The molecule has 1 aromatic rings. The van der Waals surface area contributed by atoms with Crippen LogP contribution in [0.5, 0.6) is 0 Å². The van der Waals surface area contributed by atoms with E-state index in [9.17, 15) is 0 Å². The number of nitrogen functional groups attached to an aromatic ring is 1. The second kappa shape index (κ2) is 5.46.